The maximum atomic E-state index is 5.58. The molecule has 17 heavy (non-hydrogen) atoms. The van der Waals surface area contributed by atoms with Gasteiger partial charge in [0, 0.05) is 34.2 Å². The second-order valence-corrected chi connectivity index (χ2v) is 7.93. The summed E-state index contributed by atoms with van der Waals surface area (Å²) in [7, 11) is 2.71. The quantitative estimate of drug-likeness (QED) is 0.493. The Morgan fingerprint density at radius 2 is 1.53 bits per heavy atom. The molecule has 4 nitrogen and oxygen atoms in total. The summed E-state index contributed by atoms with van der Waals surface area (Å²) < 4.78 is 17.9. The lowest BCUT2D eigenvalue weighted by Crippen LogP contribution is -2.61. The monoisotopic (exact) mass is 262 g/mol. The summed E-state index contributed by atoms with van der Waals surface area (Å²) in [5, 5.41) is 0. The first-order valence-corrected chi connectivity index (χ1v) is 8.59. The zero-order valence-electron chi connectivity index (χ0n) is 11.8. The maximum Gasteiger partial charge on any atom is 0.558 e. The van der Waals surface area contributed by atoms with E-state index >= 15 is 0 Å². The average Bonchev–Trinajstić information content (AvgIpc) is 2.83. The molecule has 0 aromatic carbocycles. The molecule has 0 atom stereocenters. The molecule has 0 aromatic rings. The number of likely N-dealkylation sites (tertiary alicyclic amines) is 1. The Bertz CT molecular complexity index is 208. The minimum atomic E-state index is -2.43. The molecule has 0 saturated carbocycles. The van der Waals surface area contributed by atoms with E-state index in [-0.39, 0.29) is 0 Å². The van der Waals surface area contributed by atoms with Gasteiger partial charge in [0.1, 0.15) is 6.17 Å². The number of unbranched alkanes of at least 4 members (excludes halogenated alkanes) is 1. The van der Waals surface area contributed by atoms with Crippen LogP contribution in [-0.4, -0.2) is 60.4 Å². The summed E-state index contributed by atoms with van der Waals surface area (Å²) in [5.74, 6) is 0. The molecule has 102 valence electrons. The molecule has 0 spiro atoms. The Hall–Kier alpha value is 0.0569. The highest BCUT2D eigenvalue weighted by Gasteiger charge is 2.49. The fourth-order valence-electron chi connectivity index (χ4n) is 2.81. The molecule has 0 bridgehead atoms. The third kappa shape index (κ3) is 3.76. The van der Waals surface area contributed by atoms with Crippen LogP contribution in [0.2, 0.25) is 0 Å². The lowest BCUT2D eigenvalue weighted by Gasteiger charge is -2.38. The van der Waals surface area contributed by atoms with Crippen LogP contribution in [0.4, 0.5) is 0 Å². The van der Waals surface area contributed by atoms with Crippen LogP contribution < -0.4 is 0 Å². The number of quaternary nitrogens is 1. The van der Waals surface area contributed by atoms with Crippen LogP contribution in [0.5, 0.6) is 0 Å². The van der Waals surface area contributed by atoms with Crippen LogP contribution >= 0.6 is 0 Å². The zero-order chi connectivity index (χ0) is 12.8. The fourth-order valence-corrected chi connectivity index (χ4v) is 5.00. The smallest absolute Gasteiger partial charge is 0.374 e. The van der Waals surface area contributed by atoms with E-state index in [2.05, 4.69) is 6.92 Å². The lowest BCUT2D eigenvalue weighted by molar-refractivity contribution is -0.909. The summed E-state index contributed by atoms with van der Waals surface area (Å²) in [6, 6.07) is 0. The molecule has 1 aliphatic heterocycles. The van der Waals surface area contributed by atoms with Crippen molar-refractivity contribution in [3.05, 3.63) is 0 Å². The normalized spacial score (nSPS) is 19.8. The van der Waals surface area contributed by atoms with Gasteiger partial charge in [0.2, 0.25) is 0 Å². The SMILES string of the molecule is CCCC[N+]1(C[Si](OC)(OC)OC)CCCC1. The van der Waals surface area contributed by atoms with Crippen LogP contribution in [0.15, 0.2) is 0 Å². The van der Waals surface area contributed by atoms with E-state index in [1.807, 2.05) is 0 Å². The zero-order valence-corrected chi connectivity index (χ0v) is 12.8. The van der Waals surface area contributed by atoms with Crippen LogP contribution in [0, 0.1) is 0 Å². The first-order valence-electron chi connectivity index (χ1n) is 6.66. The molecule has 0 N–H and O–H groups in total. The summed E-state index contributed by atoms with van der Waals surface area (Å²) in [6.07, 6.45) is 6.11. The molecule has 1 heterocycles. The van der Waals surface area contributed by atoms with Gasteiger partial charge < -0.3 is 17.8 Å². The van der Waals surface area contributed by atoms with Gasteiger partial charge >= 0.3 is 8.80 Å². The van der Waals surface area contributed by atoms with Crippen LogP contribution in [-0.2, 0) is 13.3 Å². The highest BCUT2D eigenvalue weighted by atomic mass is 28.4. The van der Waals surface area contributed by atoms with Crippen molar-refractivity contribution in [2.45, 2.75) is 32.6 Å². The van der Waals surface area contributed by atoms with E-state index in [1.54, 1.807) is 21.3 Å². The van der Waals surface area contributed by atoms with E-state index < -0.39 is 8.80 Å². The average molecular weight is 262 g/mol. The first kappa shape index (κ1) is 15.1. The Labute approximate surface area is 107 Å². The minimum Gasteiger partial charge on any atom is -0.374 e. The Balaban J connectivity index is 2.70. The van der Waals surface area contributed by atoms with Crippen molar-refractivity contribution >= 4 is 8.80 Å². The third-order valence-electron chi connectivity index (χ3n) is 3.96. The molecular weight excluding hydrogens is 234 g/mol. The van der Waals surface area contributed by atoms with E-state index in [0.29, 0.717) is 0 Å². The van der Waals surface area contributed by atoms with Crippen molar-refractivity contribution in [3.63, 3.8) is 0 Å². The van der Waals surface area contributed by atoms with Crippen molar-refractivity contribution in [1.82, 2.24) is 0 Å². The second-order valence-electron chi connectivity index (χ2n) is 5.03. The summed E-state index contributed by atoms with van der Waals surface area (Å²) >= 11 is 0. The van der Waals surface area contributed by atoms with Gasteiger partial charge in [-0.2, -0.15) is 0 Å². The predicted molar refractivity (Wildman–Crippen MR) is 70.7 cm³/mol. The highest BCUT2D eigenvalue weighted by molar-refractivity contribution is 6.60. The number of hydrogen-bond acceptors (Lipinski definition) is 3. The third-order valence-corrected chi connectivity index (χ3v) is 6.89. The molecular formula is C12H28NO3Si+. The van der Waals surface area contributed by atoms with Crippen LogP contribution in [0.3, 0.4) is 0 Å². The van der Waals surface area contributed by atoms with Crippen LogP contribution in [0.25, 0.3) is 0 Å². The van der Waals surface area contributed by atoms with Gasteiger partial charge in [-0.15, -0.1) is 0 Å². The molecule has 0 aliphatic carbocycles. The second kappa shape index (κ2) is 6.85. The molecule has 0 aromatic heterocycles. The van der Waals surface area contributed by atoms with Crippen molar-refractivity contribution in [2.75, 3.05) is 47.1 Å². The Morgan fingerprint density at radius 3 is 1.94 bits per heavy atom. The van der Waals surface area contributed by atoms with Crippen LogP contribution in [0.1, 0.15) is 32.6 Å². The van der Waals surface area contributed by atoms with Crippen molar-refractivity contribution in [3.8, 4) is 0 Å². The molecule has 1 rings (SSSR count). The summed E-state index contributed by atoms with van der Waals surface area (Å²) in [6.45, 7) is 6.00. The van der Waals surface area contributed by atoms with E-state index in [0.717, 1.165) is 10.7 Å². The molecule has 0 radical (unpaired) electrons. The highest BCUT2D eigenvalue weighted by Crippen LogP contribution is 2.24. The van der Waals surface area contributed by atoms with Gasteiger partial charge in [-0.25, -0.2) is 0 Å². The Morgan fingerprint density at radius 1 is 1.00 bits per heavy atom. The molecule has 0 unspecified atom stereocenters. The van der Waals surface area contributed by atoms with Gasteiger partial charge in [-0.1, -0.05) is 13.3 Å². The van der Waals surface area contributed by atoms with Gasteiger partial charge in [0.15, 0.2) is 0 Å². The largest absolute Gasteiger partial charge is 0.558 e. The van der Waals surface area contributed by atoms with Crippen molar-refractivity contribution < 1.29 is 17.8 Å². The molecule has 1 saturated heterocycles. The summed E-state index contributed by atoms with van der Waals surface area (Å²) in [4.78, 5) is 0. The summed E-state index contributed by atoms with van der Waals surface area (Å²) in [5.41, 5.74) is 0. The van der Waals surface area contributed by atoms with Gasteiger partial charge in [-0.3, -0.25) is 0 Å². The lowest BCUT2D eigenvalue weighted by atomic mass is 10.3. The van der Waals surface area contributed by atoms with Gasteiger partial charge in [0.25, 0.3) is 0 Å². The minimum absolute atomic E-state index is 0.927. The molecule has 5 heteroatoms. The van der Waals surface area contributed by atoms with E-state index in [1.165, 1.54) is 45.3 Å². The number of rotatable bonds is 8. The van der Waals surface area contributed by atoms with Gasteiger partial charge in [-0.05, 0) is 6.42 Å². The van der Waals surface area contributed by atoms with E-state index in [4.69, 9.17) is 13.3 Å². The van der Waals surface area contributed by atoms with E-state index in [9.17, 15) is 0 Å². The number of hydrogen-bond donors (Lipinski definition) is 0. The topological polar surface area (TPSA) is 27.7 Å². The van der Waals surface area contributed by atoms with Crippen molar-refractivity contribution in [1.29, 1.82) is 0 Å². The Kier molecular flexibility index (Phi) is 6.09. The maximum absolute atomic E-state index is 5.58. The molecule has 0 amide bonds. The fraction of sp³-hybridized carbons (Fsp3) is 1.00. The number of nitrogens with zero attached hydrogens (tertiary/aromatic N) is 1. The molecule has 1 aliphatic rings. The predicted octanol–water partition coefficient (Wildman–Crippen LogP) is 1.81. The molecule has 1 fully saturated rings. The first-order chi connectivity index (χ1) is 8.16. The standard InChI is InChI=1S/C12H28NO3Si/c1-5-6-9-13(10-7-8-11-13)12-17(14-2,15-3)16-4/h5-12H2,1-4H3/q+1. The van der Waals surface area contributed by atoms with Crippen molar-refractivity contribution in [2.24, 2.45) is 0 Å². The van der Waals surface area contributed by atoms with Gasteiger partial charge in [0.05, 0.1) is 19.6 Å².